The molecule has 4 heteroatoms. The topological polar surface area (TPSA) is 57.5 Å². The largest absolute Gasteiger partial charge is 0.478 e. The number of aliphatic hydroxyl groups excluding tert-OH is 1. The summed E-state index contributed by atoms with van der Waals surface area (Å²) in [7, 11) is 0. The van der Waals surface area contributed by atoms with Gasteiger partial charge in [-0.15, -0.1) is 0 Å². The van der Waals surface area contributed by atoms with Gasteiger partial charge in [0.2, 0.25) is 0 Å². The van der Waals surface area contributed by atoms with Crippen LogP contribution in [0.25, 0.3) is 0 Å². The zero-order valence-corrected chi connectivity index (χ0v) is 8.41. The Morgan fingerprint density at radius 3 is 2.00 bits per heavy atom. The highest BCUT2D eigenvalue weighted by molar-refractivity contribution is 8.00. The zero-order chi connectivity index (χ0) is 10.4. The predicted molar refractivity (Wildman–Crippen MR) is 56.7 cm³/mol. The van der Waals surface area contributed by atoms with Crippen LogP contribution in [0.2, 0.25) is 0 Å². The number of hydrogen-bond acceptors (Lipinski definition) is 3. The molecule has 0 aliphatic carbocycles. The molecule has 0 atom stereocenters. The fraction of sp³-hybridized carbons (Fsp3) is 0.300. The molecule has 14 heavy (non-hydrogen) atoms. The van der Waals surface area contributed by atoms with Gasteiger partial charge in [-0.05, 0) is 12.1 Å². The molecule has 0 aromatic heterocycles. The van der Waals surface area contributed by atoms with Gasteiger partial charge in [0.25, 0.3) is 0 Å². The number of carbonyl (C=O) groups is 1. The Morgan fingerprint density at radius 2 is 1.79 bits per heavy atom. The Balaban J connectivity index is 0.000000165. The van der Waals surface area contributed by atoms with E-state index in [1.807, 2.05) is 0 Å². The molecule has 0 unspecified atom stereocenters. The van der Waals surface area contributed by atoms with E-state index in [2.05, 4.69) is 0 Å². The lowest BCUT2D eigenvalue weighted by atomic mass is 10.2. The van der Waals surface area contributed by atoms with Crippen LogP contribution in [-0.4, -0.2) is 33.8 Å². The molecule has 0 amide bonds. The average molecular weight is 212 g/mol. The van der Waals surface area contributed by atoms with Gasteiger partial charge in [-0.2, -0.15) is 11.8 Å². The lowest BCUT2D eigenvalue weighted by molar-refractivity contribution is 0.0697. The first-order chi connectivity index (χ1) is 6.70. The number of carboxylic acid groups (broad SMARTS) is 1. The molecule has 1 fully saturated rings. The van der Waals surface area contributed by atoms with Crippen molar-refractivity contribution in [3.63, 3.8) is 0 Å². The van der Waals surface area contributed by atoms with Crippen LogP contribution in [-0.2, 0) is 0 Å². The Labute approximate surface area is 86.8 Å². The van der Waals surface area contributed by atoms with Crippen molar-refractivity contribution in [3.05, 3.63) is 35.9 Å². The summed E-state index contributed by atoms with van der Waals surface area (Å²) >= 11 is 1.80. The zero-order valence-electron chi connectivity index (χ0n) is 7.59. The molecule has 1 saturated heterocycles. The van der Waals surface area contributed by atoms with Gasteiger partial charge in [0, 0.05) is 11.5 Å². The van der Waals surface area contributed by atoms with Crippen LogP contribution in [0.15, 0.2) is 30.3 Å². The molecule has 1 aliphatic heterocycles. The molecule has 0 bridgehead atoms. The molecule has 1 aliphatic rings. The maximum Gasteiger partial charge on any atom is 0.335 e. The number of aliphatic hydroxyl groups is 1. The van der Waals surface area contributed by atoms with Gasteiger partial charge in [-0.25, -0.2) is 4.79 Å². The molecule has 76 valence electrons. The molecule has 1 heterocycles. The highest BCUT2D eigenvalue weighted by atomic mass is 32.2. The van der Waals surface area contributed by atoms with E-state index in [1.54, 1.807) is 42.1 Å². The van der Waals surface area contributed by atoms with Gasteiger partial charge in [-0.1, -0.05) is 18.2 Å². The third-order valence-electron chi connectivity index (χ3n) is 1.64. The first kappa shape index (κ1) is 11.1. The molecule has 2 rings (SSSR count). The van der Waals surface area contributed by atoms with Crippen LogP contribution in [0, 0.1) is 0 Å². The number of carboxylic acids is 1. The van der Waals surface area contributed by atoms with Crippen molar-refractivity contribution >= 4 is 17.7 Å². The summed E-state index contributed by atoms with van der Waals surface area (Å²) in [6, 6.07) is 8.30. The third-order valence-corrected chi connectivity index (χ3v) is 2.88. The van der Waals surface area contributed by atoms with E-state index in [1.165, 1.54) is 0 Å². The lowest BCUT2D eigenvalue weighted by Crippen LogP contribution is -2.23. The van der Waals surface area contributed by atoms with E-state index < -0.39 is 5.97 Å². The van der Waals surface area contributed by atoms with Crippen LogP contribution in [0.3, 0.4) is 0 Å². The van der Waals surface area contributed by atoms with E-state index in [0.29, 0.717) is 5.56 Å². The van der Waals surface area contributed by atoms with Gasteiger partial charge in [0.1, 0.15) is 0 Å². The van der Waals surface area contributed by atoms with Crippen LogP contribution < -0.4 is 0 Å². The smallest absolute Gasteiger partial charge is 0.335 e. The molecule has 1 aromatic carbocycles. The Morgan fingerprint density at radius 1 is 1.29 bits per heavy atom. The maximum atomic E-state index is 10.2. The van der Waals surface area contributed by atoms with Gasteiger partial charge in [-0.3, -0.25) is 0 Å². The molecular weight excluding hydrogens is 200 g/mol. The normalized spacial score (nSPS) is 14.9. The van der Waals surface area contributed by atoms with Gasteiger partial charge >= 0.3 is 5.97 Å². The fourth-order valence-corrected chi connectivity index (χ4v) is 1.25. The van der Waals surface area contributed by atoms with E-state index >= 15 is 0 Å². The summed E-state index contributed by atoms with van der Waals surface area (Å²) in [6.45, 7) is 0. The summed E-state index contributed by atoms with van der Waals surface area (Å²) in [5.74, 6) is 1.04. The third kappa shape index (κ3) is 3.81. The Kier molecular flexibility index (Phi) is 4.49. The van der Waals surface area contributed by atoms with Crippen LogP contribution in [0.1, 0.15) is 10.4 Å². The highest BCUT2D eigenvalue weighted by Gasteiger charge is 2.12. The lowest BCUT2D eigenvalue weighted by Gasteiger charge is -2.17. The number of thioether (sulfide) groups is 1. The van der Waals surface area contributed by atoms with Gasteiger partial charge in [0.05, 0.1) is 11.7 Å². The van der Waals surface area contributed by atoms with Crippen LogP contribution in [0.5, 0.6) is 0 Å². The van der Waals surface area contributed by atoms with Crippen LogP contribution >= 0.6 is 11.8 Å². The van der Waals surface area contributed by atoms with Crippen molar-refractivity contribution in [2.75, 3.05) is 11.5 Å². The number of rotatable bonds is 1. The molecule has 0 saturated carbocycles. The minimum absolute atomic E-state index is 0.0278. The Hall–Kier alpha value is -1.00. The Bertz CT molecular complexity index is 283. The summed E-state index contributed by atoms with van der Waals surface area (Å²) in [5.41, 5.74) is 0.331. The first-order valence-corrected chi connectivity index (χ1v) is 5.40. The molecule has 3 nitrogen and oxygen atoms in total. The van der Waals surface area contributed by atoms with Crippen molar-refractivity contribution in [1.82, 2.24) is 0 Å². The summed E-state index contributed by atoms with van der Waals surface area (Å²) in [4.78, 5) is 10.2. The molecule has 0 spiro atoms. The quantitative estimate of drug-likeness (QED) is 0.740. The fourth-order valence-electron chi connectivity index (χ4n) is 0.804. The van der Waals surface area contributed by atoms with E-state index in [4.69, 9.17) is 10.2 Å². The number of aromatic carboxylic acids is 1. The standard InChI is InChI=1S/C7H6O2.C3H6OS/c8-7(9)6-4-2-1-3-5-6;4-3-1-5-2-3/h1-5H,(H,8,9);3-4H,1-2H2. The van der Waals surface area contributed by atoms with Crippen molar-refractivity contribution in [2.45, 2.75) is 6.10 Å². The second-order valence-corrected chi connectivity index (χ2v) is 3.94. The molecule has 2 N–H and O–H groups in total. The summed E-state index contributed by atoms with van der Waals surface area (Å²) < 4.78 is 0. The van der Waals surface area contributed by atoms with Gasteiger partial charge in [0.15, 0.2) is 0 Å². The molecule has 0 radical (unpaired) electrons. The highest BCUT2D eigenvalue weighted by Crippen LogP contribution is 2.15. The second-order valence-electron chi connectivity index (χ2n) is 2.86. The maximum absolute atomic E-state index is 10.2. The minimum atomic E-state index is -0.879. The van der Waals surface area contributed by atoms with E-state index in [-0.39, 0.29) is 6.10 Å². The second kappa shape index (κ2) is 5.67. The average Bonchev–Trinajstić information content (AvgIpc) is 2.17. The number of benzene rings is 1. The summed E-state index contributed by atoms with van der Waals surface area (Å²) in [5, 5.41) is 16.8. The van der Waals surface area contributed by atoms with Crippen molar-refractivity contribution in [2.24, 2.45) is 0 Å². The summed E-state index contributed by atoms with van der Waals surface area (Å²) in [6.07, 6.45) is 0.0278. The van der Waals surface area contributed by atoms with Gasteiger partial charge < -0.3 is 10.2 Å². The molecular formula is C10H12O3S. The van der Waals surface area contributed by atoms with Crippen molar-refractivity contribution in [1.29, 1.82) is 0 Å². The minimum Gasteiger partial charge on any atom is -0.478 e. The monoisotopic (exact) mass is 212 g/mol. The van der Waals surface area contributed by atoms with Crippen LogP contribution in [0.4, 0.5) is 0 Å². The predicted octanol–water partition coefficient (Wildman–Crippen LogP) is 1.48. The van der Waals surface area contributed by atoms with E-state index in [9.17, 15) is 4.79 Å². The molecule has 1 aromatic rings. The van der Waals surface area contributed by atoms with E-state index in [0.717, 1.165) is 11.5 Å². The van der Waals surface area contributed by atoms with Crippen molar-refractivity contribution < 1.29 is 15.0 Å². The first-order valence-electron chi connectivity index (χ1n) is 4.24. The van der Waals surface area contributed by atoms with Crippen molar-refractivity contribution in [3.8, 4) is 0 Å². The number of hydrogen-bond donors (Lipinski definition) is 2. The SMILES string of the molecule is O=C(O)c1ccccc1.OC1CSC1.